The summed E-state index contributed by atoms with van der Waals surface area (Å²) in [5, 5.41) is 11.9. The second-order valence-electron chi connectivity index (χ2n) is 7.96. The first-order valence-electron chi connectivity index (χ1n) is 10.6. The molecule has 2 unspecified atom stereocenters. The molecule has 0 bridgehead atoms. The van der Waals surface area contributed by atoms with Crippen molar-refractivity contribution in [1.29, 1.82) is 0 Å². The van der Waals surface area contributed by atoms with E-state index in [1.54, 1.807) is 36.4 Å². The molecule has 0 aromatic heterocycles. The molecule has 9 heteroatoms. The predicted octanol–water partition coefficient (Wildman–Crippen LogP) is 3.14. The van der Waals surface area contributed by atoms with Gasteiger partial charge in [-0.15, -0.1) is 0 Å². The van der Waals surface area contributed by atoms with Gasteiger partial charge in [0, 0.05) is 5.69 Å². The Morgan fingerprint density at radius 1 is 1.06 bits per heavy atom. The van der Waals surface area contributed by atoms with Gasteiger partial charge in [0.2, 0.25) is 5.91 Å². The van der Waals surface area contributed by atoms with Crippen molar-refractivity contribution in [3.63, 3.8) is 0 Å². The summed E-state index contributed by atoms with van der Waals surface area (Å²) >= 11 is 0. The summed E-state index contributed by atoms with van der Waals surface area (Å²) in [6.45, 7) is 6.39. The van der Waals surface area contributed by atoms with Crippen LogP contribution in [0.5, 0.6) is 5.75 Å². The first-order valence-corrected chi connectivity index (χ1v) is 10.6. The largest absolute Gasteiger partial charge is 0.494 e. The van der Waals surface area contributed by atoms with E-state index in [-0.39, 0.29) is 12.5 Å². The fourth-order valence-electron chi connectivity index (χ4n) is 3.77. The van der Waals surface area contributed by atoms with Crippen molar-refractivity contribution >= 4 is 29.1 Å². The van der Waals surface area contributed by atoms with Crippen LogP contribution in [-0.4, -0.2) is 48.0 Å². The molecule has 2 heterocycles. The number of nitrogens with zero attached hydrogens (tertiary/aromatic N) is 4. The van der Waals surface area contributed by atoms with Gasteiger partial charge in [-0.2, -0.15) is 5.11 Å². The highest BCUT2D eigenvalue weighted by Gasteiger charge is 2.55. The highest BCUT2D eigenvalue weighted by Crippen LogP contribution is 2.32. The van der Waals surface area contributed by atoms with Crippen molar-refractivity contribution in [2.24, 2.45) is 10.3 Å². The summed E-state index contributed by atoms with van der Waals surface area (Å²) in [7, 11) is 0. The van der Waals surface area contributed by atoms with Crippen LogP contribution in [0.1, 0.15) is 32.3 Å². The standard InChI is InChI=1S/C23H25N5O4/c1-4-32-18-11-7-16(8-12-18)24-19(29)13-27-21-20(25-26-27)22(30)28(23(21)31)17-9-5-15(6-10-17)14(2)3/h5-12,14,20-21H,4,13H2,1-3H3,(H,24,29). The third-order valence-corrected chi connectivity index (χ3v) is 5.43. The minimum atomic E-state index is -0.939. The van der Waals surface area contributed by atoms with Crippen molar-refractivity contribution in [3.8, 4) is 5.75 Å². The minimum absolute atomic E-state index is 0.197. The van der Waals surface area contributed by atoms with Crippen molar-refractivity contribution in [3.05, 3.63) is 54.1 Å². The smallest absolute Gasteiger partial charge is 0.263 e. The summed E-state index contributed by atoms with van der Waals surface area (Å²) in [5.41, 5.74) is 2.19. The van der Waals surface area contributed by atoms with Crippen LogP contribution in [0.15, 0.2) is 58.9 Å². The zero-order valence-corrected chi connectivity index (χ0v) is 18.2. The van der Waals surface area contributed by atoms with Gasteiger partial charge in [0.05, 0.1) is 12.3 Å². The fraction of sp³-hybridized carbons (Fsp3) is 0.348. The average Bonchev–Trinajstić information content (AvgIpc) is 3.29. The molecule has 2 aromatic rings. The molecule has 0 spiro atoms. The monoisotopic (exact) mass is 435 g/mol. The second-order valence-corrected chi connectivity index (χ2v) is 7.96. The number of nitrogens with one attached hydrogen (secondary N) is 1. The maximum atomic E-state index is 13.1. The number of hydrogen-bond donors (Lipinski definition) is 1. The number of ether oxygens (including phenoxy) is 1. The number of amides is 3. The molecular weight excluding hydrogens is 410 g/mol. The molecular formula is C23H25N5O4. The van der Waals surface area contributed by atoms with Crippen molar-refractivity contribution in [2.45, 2.75) is 38.8 Å². The quantitative estimate of drug-likeness (QED) is 0.673. The Balaban J connectivity index is 1.43. The summed E-state index contributed by atoms with van der Waals surface area (Å²) < 4.78 is 5.38. The van der Waals surface area contributed by atoms with Crippen LogP contribution in [0.4, 0.5) is 11.4 Å². The predicted molar refractivity (Wildman–Crippen MR) is 118 cm³/mol. The average molecular weight is 435 g/mol. The lowest BCUT2D eigenvalue weighted by molar-refractivity contribution is -0.123. The zero-order chi connectivity index (χ0) is 22.8. The van der Waals surface area contributed by atoms with Gasteiger partial charge in [0.1, 0.15) is 12.3 Å². The van der Waals surface area contributed by atoms with Gasteiger partial charge in [0.25, 0.3) is 11.8 Å². The van der Waals surface area contributed by atoms with Crippen molar-refractivity contribution in [1.82, 2.24) is 5.01 Å². The van der Waals surface area contributed by atoms with E-state index in [1.807, 2.05) is 19.1 Å². The van der Waals surface area contributed by atoms with E-state index in [9.17, 15) is 14.4 Å². The van der Waals surface area contributed by atoms with Crippen LogP contribution in [-0.2, 0) is 14.4 Å². The molecule has 0 saturated carbocycles. The molecule has 3 amide bonds. The first kappa shape index (κ1) is 21.5. The van der Waals surface area contributed by atoms with E-state index in [1.165, 1.54) is 5.01 Å². The lowest BCUT2D eigenvalue weighted by Gasteiger charge is -2.20. The molecule has 0 aliphatic carbocycles. The molecule has 32 heavy (non-hydrogen) atoms. The van der Waals surface area contributed by atoms with Crippen molar-refractivity contribution < 1.29 is 19.1 Å². The highest BCUT2D eigenvalue weighted by atomic mass is 16.5. The first-order chi connectivity index (χ1) is 15.4. The molecule has 9 nitrogen and oxygen atoms in total. The van der Waals surface area contributed by atoms with Crippen LogP contribution < -0.4 is 15.0 Å². The number of rotatable bonds is 7. The van der Waals surface area contributed by atoms with Gasteiger partial charge in [-0.3, -0.25) is 19.4 Å². The number of hydrogen-bond acceptors (Lipinski definition) is 7. The SMILES string of the molecule is CCOc1ccc(NC(=O)CN2N=NC3C(=O)N(c4ccc(C(C)C)cc4)C(=O)C32)cc1. The summed E-state index contributed by atoms with van der Waals surface area (Å²) in [5.74, 6) is -0.190. The van der Waals surface area contributed by atoms with E-state index in [0.717, 1.165) is 10.5 Å². The van der Waals surface area contributed by atoms with Crippen LogP contribution >= 0.6 is 0 Å². The van der Waals surface area contributed by atoms with Crippen molar-refractivity contribution in [2.75, 3.05) is 23.4 Å². The summed E-state index contributed by atoms with van der Waals surface area (Å²) in [6.07, 6.45) is 0. The van der Waals surface area contributed by atoms with E-state index < -0.39 is 23.9 Å². The maximum Gasteiger partial charge on any atom is 0.263 e. The van der Waals surface area contributed by atoms with E-state index in [2.05, 4.69) is 29.5 Å². The Labute approximate surface area is 186 Å². The molecule has 1 saturated heterocycles. The van der Waals surface area contributed by atoms with Gasteiger partial charge < -0.3 is 10.1 Å². The molecule has 1 N–H and O–H groups in total. The van der Waals surface area contributed by atoms with Gasteiger partial charge in [0.15, 0.2) is 12.1 Å². The Bertz CT molecular complexity index is 1050. The van der Waals surface area contributed by atoms with Gasteiger partial charge in [-0.05, 0) is 54.8 Å². The van der Waals surface area contributed by atoms with Gasteiger partial charge in [-0.1, -0.05) is 31.2 Å². The Hall–Kier alpha value is -3.75. The lowest BCUT2D eigenvalue weighted by atomic mass is 10.0. The fourth-order valence-corrected chi connectivity index (χ4v) is 3.77. The topological polar surface area (TPSA) is 104 Å². The van der Waals surface area contributed by atoms with Crippen LogP contribution in [0.3, 0.4) is 0 Å². The summed E-state index contributed by atoms with van der Waals surface area (Å²) in [4.78, 5) is 39.5. The van der Waals surface area contributed by atoms with Gasteiger partial charge >= 0.3 is 0 Å². The zero-order valence-electron chi connectivity index (χ0n) is 18.2. The second kappa shape index (κ2) is 8.78. The highest BCUT2D eigenvalue weighted by molar-refractivity contribution is 6.25. The van der Waals surface area contributed by atoms with E-state index in [0.29, 0.717) is 29.6 Å². The van der Waals surface area contributed by atoms with Crippen LogP contribution in [0.2, 0.25) is 0 Å². The van der Waals surface area contributed by atoms with E-state index in [4.69, 9.17) is 4.74 Å². The normalized spacial score (nSPS) is 19.6. The molecule has 0 radical (unpaired) electrons. The number of fused-ring (bicyclic) bond motifs is 1. The molecule has 2 aliphatic heterocycles. The number of carbonyl (C=O) groups excluding carboxylic acids is 3. The van der Waals surface area contributed by atoms with Crippen LogP contribution in [0.25, 0.3) is 0 Å². The molecule has 1 fully saturated rings. The Morgan fingerprint density at radius 2 is 1.75 bits per heavy atom. The minimum Gasteiger partial charge on any atom is -0.494 e. The Morgan fingerprint density at radius 3 is 2.38 bits per heavy atom. The van der Waals surface area contributed by atoms with E-state index >= 15 is 0 Å². The Kier molecular flexibility index (Phi) is 5.89. The third-order valence-electron chi connectivity index (χ3n) is 5.43. The number of benzene rings is 2. The molecule has 4 rings (SSSR count). The lowest BCUT2D eigenvalue weighted by Crippen LogP contribution is -2.43. The third kappa shape index (κ3) is 4.05. The number of anilines is 2. The van der Waals surface area contributed by atoms with Gasteiger partial charge in [-0.25, -0.2) is 4.90 Å². The summed E-state index contributed by atoms with van der Waals surface area (Å²) in [6, 6.07) is 12.4. The molecule has 2 aliphatic rings. The molecule has 2 aromatic carbocycles. The molecule has 2 atom stereocenters. The number of carbonyl (C=O) groups is 3. The molecule has 166 valence electrons. The number of imide groups is 1. The maximum absolute atomic E-state index is 13.1. The van der Waals surface area contributed by atoms with Crippen LogP contribution in [0, 0.1) is 0 Å².